The van der Waals surface area contributed by atoms with Gasteiger partial charge in [-0.25, -0.2) is 4.79 Å². The molecule has 0 aliphatic heterocycles. The molecule has 1 aromatic heterocycles. The third-order valence-corrected chi connectivity index (χ3v) is 3.46. The van der Waals surface area contributed by atoms with Gasteiger partial charge in [0.25, 0.3) is 0 Å². The summed E-state index contributed by atoms with van der Waals surface area (Å²) in [5.41, 5.74) is -0.113. The monoisotopic (exact) mass is 269 g/mol. The molecule has 0 radical (unpaired) electrons. The van der Waals surface area contributed by atoms with Crippen LogP contribution in [0.2, 0.25) is 0 Å². The van der Waals surface area contributed by atoms with E-state index in [0.717, 1.165) is 13.0 Å². The largest absolute Gasteiger partial charge is 0.465 e. The Kier molecular flexibility index (Phi) is 8.18. The first-order chi connectivity index (χ1) is 9.24. The SMILES string of the molecule is CCCCCCCCCCCCn1n[n+](C)[nH]c1=O. The number of aromatic nitrogens is 4. The lowest BCUT2D eigenvalue weighted by atomic mass is 10.1. The number of aryl methyl sites for hydroxylation is 2. The van der Waals surface area contributed by atoms with Gasteiger partial charge in [0, 0.05) is 0 Å². The van der Waals surface area contributed by atoms with Gasteiger partial charge in [-0.1, -0.05) is 67.8 Å². The van der Waals surface area contributed by atoms with Crippen molar-refractivity contribution in [2.45, 2.75) is 77.7 Å². The van der Waals surface area contributed by atoms with Crippen LogP contribution in [0, 0.1) is 0 Å². The van der Waals surface area contributed by atoms with E-state index in [1.54, 1.807) is 7.05 Å². The first-order valence-corrected chi connectivity index (χ1v) is 7.77. The molecule has 0 aliphatic carbocycles. The molecule has 0 spiro atoms. The molecule has 0 amide bonds. The van der Waals surface area contributed by atoms with Crippen molar-refractivity contribution in [3.8, 4) is 0 Å². The van der Waals surface area contributed by atoms with Gasteiger partial charge < -0.3 is 0 Å². The van der Waals surface area contributed by atoms with E-state index >= 15 is 0 Å². The topological polar surface area (TPSA) is 54.6 Å². The molecular weight excluding hydrogens is 240 g/mol. The Morgan fingerprint density at radius 2 is 1.53 bits per heavy atom. The van der Waals surface area contributed by atoms with Crippen LogP contribution in [0.3, 0.4) is 0 Å². The van der Waals surface area contributed by atoms with Gasteiger partial charge in [-0.3, -0.25) is 0 Å². The number of nitrogens with one attached hydrogen (secondary N) is 1. The molecule has 1 heterocycles. The summed E-state index contributed by atoms with van der Waals surface area (Å²) in [6, 6.07) is 0. The minimum absolute atomic E-state index is 0.113. The van der Waals surface area contributed by atoms with Crippen molar-refractivity contribution < 1.29 is 4.80 Å². The van der Waals surface area contributed by atoms with E-state index in [9.17, 15) is 4.79 Å². The van der Waals surface area contributed by atoms with Crippen LogP contribution in [0.15, 0.2) is 4.79 Å². The van der Waals surface area contributed by atoms with E-state index in [1.807, 2.05) is 0 Å². The quantitative estimate of drug-likeness (QED) is 0.495. The van der Waals surface area contributed by atoms with Gasteiger partial charge in [0.15, 0.2) is 0 Å². The van der Waals surface area contributed by atoms with Crippen LogP contribution in [0.4, 0.5) is 0 Å². The number of rotatable bonds is 11. The van der Waals surface area contributed by atoms with Crippen LogP contribution >= 0.6 is 0 Å². The first-order valence-electron chi connectivity index (χ1n) is 7.77. The molecule has 0 aromatic carbocycles. The Labute approximate surface area is 116 Å². The highest BCUT2D eigenvalue weighted by atomic mass is 16.2. The van der Waals surface area contributed by atoms with Crippen molar-refractivity contribution in [2.24, 2.45) is 7.05 Å². The maximum absolute atomic E-state index is 11.4. The minimum atomic E-state index is -0.113. The second kappa shape index (κ2) is 9.75. The highest BCUT2D eigenvalue weighted by Crippen LogP contribution is 2.10. The van der Waals surface area contributed by atoms with Crippen molar-refractivity contribution >= 4 is 0 Å². The Hall–Kier alpha value is -1.13. The Bertz CT molecular complexity index is 383. The van der Waals surface area contributed by atoms with Gasteiger partial charge >= 0.3 is 5.69 Å². The summed E-state index contributed by atoms with van der Waals surface area (Å²) in [6.45, 7) is 2.98. The molecule has 1 N–H and O–H groups in total. The van der Waals surface area contributed by atoms with E-state index in [1.165, 1.54) is 67.3 Å². The number of hydrogen-bond donors (Lipinski definition) is 1. The zero-order valence-electron chi connectivity index (χ0n) is 12.5. The van der Waals surface area contributed by atoms with Gasteiger partial charge in [-0.15, -0.1) is 5.10 Å². The number of H-pyrrole nitrogens is 1. The molecule has 5 heteroatoms. The smallest absolute Gasteiger partial charge is 0.215 e. The summed E-state index contributed by atoms with van der Waals surface area (Å²) in [5.74, 6) is 0. The predicted octanol–water partition coefficient (Wildman–Crippen LogP) is 2.32. The van der Waals surface area contributed by atoms with E-state index in [4.69, 9.17) is 0 Å². The van der Waals surface area contributed by atoms with Crippen LogP contribution in [-0.2, 0) is 13.6 Å². The fourth-order valence-corrected chi connectivity index (χ4v) is 2.32. The van der Waals surface area contributed by atoms with E-state index < -0.39 is 0 Å². The fraction of sp³-hybridized carbons (Fsp3) is 0.929. The molecule has 19 heavy (non-hydrogen) atoms. The maximum Gasteiger partial charge on any atom is 0.465 e. The Morgan fingerprint density at radius 1 is 1.00 bits per heavy atom. The average Bonchev–Trinajstić information content (AvgIpc) is 2.70. The molecule has 1 rings (SSSR count). The number of unbranched alkanes of at least 4 members (excludes halogenated alkanes) is 9. The van der Waals surface area contributed by atoms with Gasteiger partial charge in [-0.2, -0.15) is 0 Å². The van der Waals surface area contributed by atoms with Crippen LogP contribution in [0.25, 0.3) is 0 Å². The molecule has 0 atom stereocenters. The number of aromatic amines is 1. The molecule has 0 saturated carbocycles. The van der Waals surface area contributed by atoms with Crippen molar-refractivity contribution in [1.29, 1.82) is 0 Å². The van der Waals surface area contributed by atoms with E-state index in [2.05, 4.69) is 17.2 Å². The average molecular weight is 269 g/mol. The summed E-state index contributed by atoms with van der Waals surface area (Å²) in [5, 5.41) is 6.66. The third-order valence-electron chi connectivity index (χ3n) is 3.46. The third kappa shape index (κ3) is 7.13. The zero-order valence-corrected chi connectivity index (χ0v) is 12.5. The lowest BCUT2D eigenvalue weighted by Gasteiger charge is -2.00. The number of hydrogen-bond acceptors (Lipinski definition) is 2. The minimum Gasteiger partial charge on any atom is -0.215 e. The highest BCUT2D eigenvalue weighted by molar-refractivity contribution is 4.51. The molecule has 5 nitrogen and oxygen atoms in total. The van der Waals surface area contributed by atoms with Crippen molar-refractivity contribution in [1.82, 2.24) is 15.0 Å². The standard InChI is InChI=1S/C14H28N4O/c1-3-4-5-6-7-8-9-10-11-12-13-18-14(19)15-17(2)16-18/h3-13H2,1-2H3/p+1. The lowest BCUT2D eigenvalue weighted by molar-refractivity contribution is -0.786. The molecule has 1 aromatic rings. The van der Waals surface area contributed by atoms with E-state index in [0.29, 0.717) is 0 Å². The van der Waals surface area contributed by atoms with Crippen LogP contribution < -0.4 is 10.5 Å². The Morgan fingerprint density at radius 3 is 2.00 bits per heavy atom. The second-order valence-electron chi connectivity index (χ2n) is 5.34. The molecule has 110 valence electrons. The van der Waals surface area contributed by atoms with Crippen LogP contribution in [0.5, 0.6) is 0 Å². The van der Waals surface area contributed by atoms with Gasteiger partial charge in [0.2, 0.25) is 0 Å². The highest BCUT2D eigenvalue weighted by Gasteiger charge is 2.08. The number of tetrazole rings is 1. The fourth-order valence-electron chi connectivity index (χ4n) is 2.32. The summed E-state index contributed by atoms with van der Waals surface area (Å²) in [6.07, 6.45) is 13.1. The van der Waals surface area contributed by atoms with Gasteiger partial charge in [0.05, 0.1) is 0 Å². The molecule has 0 fully saturated rings. The van der Waals surface area contributed by atoms with Crippen LogP contribution in [-0.4, -0.2) is 15.0 Å². The zero-order chi connectivity index (χ0) is 13.9. The molecule has 0 aliphatic rings. The van der Waals surface area contributed by atoms with Crippen molar-refractivity contribution in [3.05, 3.63) is 10.5 Å². The molecule has 0 saturated heterocycles. The summed E-state index contributed by atoms with van der Waals surface area (Å²) >= 11 is 0. The van der Waals surface area contributed by atoms with E-state index in [-0.39, 0.29) is 5.69 Å². The second-order valence-corrected chi connectivity index (χ2v) is 5.34. The van der Waals surface area contributed by atoms with Crippen molar-refractivity contribution in [2.75, 3.05) is 0 Å². The summed E-state index contributed by atoms with van der Waals surface area (Å²) in [7, 11) is 1.73. The Balaban J connectivity index is 1.91. The van der Waals surface area contributed by atoms with Crippen LogP contribution in [0.1, 0.15) is 71.1 Å². The molecule has 0 unspecified atom stereocenters. The lowest BCUT2D eigenvalue weighted by Crippen LogP contribution is -2.35. The van der Waals surface area contributed by atoms with Crippen molar-refractivity contribution in [3.63, 3.8) is 0 Å². The summed E-state index contributed by atoms with van der Waals surface area (Å²) < 4.78 is 1.50. The van der Waals surface area contributed by atoms with Gasteiger partial charge in [0.1, 0.15) is 18.8 Å². The molecule has 0 bridgehead atoms. The normalized spacial score (nSPS) is 11.1. The maximum atomic E-state index is 11.4. The summed E-state index contributed by atoms with van der Waals surface area (Å²) in [4.78, 5) is 12.8. The number of nitrogens with zero attached hydrogens (tertiary/aromatic N) is 3. The van der Waals surface area contributed by atoms with Gasteiger partial charge in [-0.05, 0) is 12.8 Å². The molecular formula is C14H29N4O+. The first kappa shape index (κ1) is 15.9. The predicted molar refractivity (Wildman–Crippen MR) is 75.9 cm³/mol.